The van der Waals surface area contributed by atoms with Crippen LogP contribution in [0.4, 0.5) is 0 Å². The van der Waals surface area contributed by atoms with E-state index in [1.165, 1.54) is 5.39 Å². The van der Waals surface area contributed by atoms with Crippen LogP contribution in [0.2, 0.25) is 0 Å². The lowest BCUT2D eigenvalue weighted by Crippen LogP contribution is -1.82. The fourth-order valence-electron chi connectivity index (χ4n) is 2.81. The summed E-state index contributed by atoms with van der Waals surface area (Å²) in [6.45, 7) is 2.04. The van der Waals surface area contributed by atoms with Gasteiger partial charge < -0.3 is 4.98 Å². The molecule has 0 saturated carbocycles. The first-order valence-electron chi connectivity index (χ1n) is 8.45. The highest BCUT2D eigenvalue weighted by atomic mass is 14.8. The van der Waals surface area contributed by atoms with E-state index in [-0.39, 0.29) is 0 Å². The third kappa shape index (κ3) is 3.44. The summed E-state index contributed by atoms with van der Waals surface area (Å²) in [6, 6.07) is 14.3. The van der Waals surface area contributed by atoms with Crippen LogP contribution >= 0.6 is 0 Å². The molecule has 0 radical (unpaired) electrons. The monoisotopic (exact) mass is 338 g/mol. The summed E-state index contributed by atoms with van der Waals surface area (Å²) in [5.74, 6) is 0. The SMILES string of the molecule is Cc1ccc(/C=C/c2[nH]c3ccccc3c2/C=C/c2ccncn2)nc1. The van der Waals surface area contributed by atoms with Gasteiger partial charge in [-0.05, 0) is 48.9 Å². The summed E-state index contributed by atoms with van der Waals surface area (Å²) < 4.78 is 0. The fraction of sp³-hybridized carbons (Fsp3) is 0.0455. The van der Waals surface area contributed by atoms with Crippen molar-refractivity contribution in [3.63, 3.8) is 0 Å². The molecule has 4 rings (SSSR count). The number of rotatable bonds is 4. The number of aromatic amines is 1. The lowest BCUT2D eigenvalue weighted by atomic mass is 10.1. The first-order valence-corrected chi connectivity index (χ1v) is 8.45. The molecule has 1 N–H and O–H groups in total. The number of benzene rings is 1. The Balaban J connectivity index is 1.74. The van der Waals surface area contributed by atoms with Crippen molar-refractivity contribution in [3.05, 3.63) is 89.4 Å². The van der Waals surface area contributed by atoms with Crippen molar-refractivity contribution in [3.8, 4) is 0 Å². The Morgan fingerprint density at radius 2 is 1.69 bits per heavy atom. The number of hydrogen-bond donors (Lipinski definition) is 1. The van der Waals surface area contributed by atoms with Crippen LogP contribution in [0.5, 0.6) is 0 Å². The fourth-order valence-corrected chi connectivity index (χ4v) is 2.81. The maximum atomic E-state index is 4.43. The smallest absolute Gasteiger partial charge is 0.115 e. The van der Waals surface area contributed by atoms with Crippen LogP contribution in [0.1, 0.15) is 28.2 Å². The van der Waals surface area contributed by atoms with Gasteiger partial charge in [-0.3, -0.25) is 4.98 Å². The van der Waals surface area contributed by atoms with Crippen LogP contribution in [0.25, 0.3) is 35.2 Å². The molecule has 0 saturated heterocycles. The van der Waals surface area contributed by atoms with E-state index in [4.69, 9.17) is 0 Å². The first-order chi connectivity index (χ1) is 12.8. The Morgan fingerprint density at radius 1 is 0.846 bits per heavy atom. The van der Waals surface area contributed by atoms with Crippen LogP contribution < -0.4 is 0 Å². The van der Waals surface area contributed by atoms with Crippen molar-refractivity contribution >= 4 is 35.2 Å². The molecule has 0 bridgehead atoms. The average Bonchev–Trinajstić information content (AvgIpc) is 3.04. The zero-order valence-electron chi connectivity index (χ0n) is 14.4. The molecule has 3 aromatic heterocycles. The van der Waals surface area contributed by atoms with Gasteiger partial charge in [0.25, 0.3) is 0 Å². The topological polar surface area (TPSA) is 54.5 Å². The Kier molecular flexibility index (Phi) is 4.39. The number of hydrogen-bond acceptors (Lipinski definition) is 3. The number of aromatic nitrogens is 4. The lowest BCUT2D eigenvalue weighted by molar-refractivity contribution is 1.15. The highest BCUT2D eigenvalue weighted by Gasteiger charge is 2.06. The molecule has 0 unspecified atom stereocenters. The summed E-state index contributed by atoms with van der Waals surface area (Å²) in [6.07, 6.45) is 13.3. The van der Waals surface area contributed by atoms with Crippen molar-refractivity contribution < 1.29 is 0 Å². The molecule has 0 fully saturated rings. The summed E-state index contributed by atoms with van der Waals surface area (Å²) in [5.41, 5.74) is 6.23. The summed E-state index contributed by atoms with van der Waals surface area (Å²) in [5, 5.41) is 1.18. The van der Waals surface area contributed by atoms with Crippen molar-refractivity contribution in [2.45, 2.75) is 6.92 Å². The van der Waals surface area contributed by atoms with Crippen LogP contribution in [0.15, 0.2) is 61.2 Å². The van der Waals surface area contributed by atoms with Gasteiger partial charge in [0.15, 0.2) is 0 Å². The molecule has 3 heterocycles. The normalized spacial score (nSPS) is 11.7. The molecule has 1 aromatic carbocycles. The molecule has 0 aliphatic rings. The molecule has 4 heteroatoms. The van der Waals surface area contributed by atoms with Crippen LogP contribution in [0.3, 0.4) is 0 Å². The number of aryl methyl sites for hydroxylation is 1. The minimum atomic E-state index is 0.875. The van der Waals surface area contributed by atoms with Gasteiger partial charge in [-0.15, -0.1) is 0 Å². The highest BCUT2D eigenvalue weighted by molar-refractivity contribution is 5.96. The van der Waals surface area contributed by atoms with Gasteiger partial charge >= 0.3 is 0 Å². The Hall–Kier alpha value is -3.53. The number of nitrogens with zero attached hydrogens (tertiary/aromatic N) is 3. The maximum absolute atomic E-state index is 4.43. The number of para-hydroxylation sites is 1. The minimum absolute atomic E-state index is 0.875. The van der Waals surface area contributed by atoms with Gasteiger partial charge in [-0.1, -0.05) is 30.3 Å². The molecule has 0 aliphatic carbocycles. The van der Waals surface area contributed by atoms with Gasteiger partial charge in [-0.2, -0.15) is 0 Å². The van der Waals surface area contributed by atoms with E-state index in [9.17, 15) is 0 Å². The molecule has 0 atom stereocenters. The molecule has 126 valence electrons. The Labute approximate surface area is 152 Å². The largest absolute Gasteiger partial charge is 0.355 e. The molecule has 4 nitrogen and oxygen atoms in total. The summed E-state index contributed by atoms with van der Waals surface area (Å²) in [7, 11) is 0. The van der Waals surface area contributed by atoms with Crippen molar-refractivity contribution in [1.29, 1.82) is 0 Å². The summed E-state index contributed by atoms with van der Waals surface area (Å²) in [4.78, 5) is 16.1. The quantitative estimate of drug-likeness (QED) is 0.569. The number of nitrogens with one attached hydrogen (secondary N) is 1. The van der Waals surface area contributed by atoms with Crippen LogP contribution in [-0.4, -0.2) is 19.9 Å². The molecule has 26 heavy (non-hydrogen) atoms. The predicted octanol–water partition coefficient (Wildman–Crippen LogP) is 5.00. The van der Waals surface area contributed by atoms with Crippen molar-refractivity contribution in [2.75, 3.05) is 0 Å². The van der Waals surface area contributed by atoms with Gasteiger partial charge in [0, 0.05) is 34.6 Å². The summed E-state index contributed by atoms with van der Waals surface area (Å²) >= 11 is 0. The molecular weight excluding hydrogens is 320 g/mol. The third-order valence-electron chi connectivity index (χ3n) is 4.16. The second-order valence-electron chi connectivity index (χ2n) is 6.06. The number of H-pyrrole nitrogens is 1. The second kappa shape index (κ2) is 7.15. The first kappa shape index (κ1) is 16.0. The van der Waals surface area contributed by atoms with E-state index in [2.05, 4.69) is 50.3 Å². The Bertz CT molecular complexity index is 1070. The maximum Gasteiger partial charge on any atom is 0.115 e. The molecule has 0 spiro atoms. The average molecular weight is 338 g/mol. The van der Waals surface area contributed by atoms with Gasteiger partial charge in [0.05, 0.1) is 11.4 Å². The highest BCUT2D eigenvalue weighted by Crippen LogP contribution is 2.26. The van der Waals surface area contributed by atoms with Crippen molar-refractivity contribution in [2.24, 2.45) is 0 Å². The zero-order valence-corrected chi connectivity index (χ0v) is 14.4. The van der Waals surface area contributed by atoms with Crippen LogP contribution in [-0.2, 0) is 0 Å². The van der Waals surface area contributed by atoms with E-state index in [1.54, 1.807) is 12.5 Å². The standard InChI is InChI=1S/C22H18N4/c1-16-6-7-17(24-14-16)9-11-22-20(10-8-18-12-13-23-15-25-18)19-4-2-3-5-21(19)26-22/h2-15,26H,1H3/b10-8+,11-9+. The van der Waals surface area contributed by atoms with Gasteiger partial charge in [0.1, 0.15) is 6.33 Å². The number of fused-ring (bicyclic) bond motifs is 1. The molecular formula is C22H18N4. The zero-order chi connectivity index (χ0) is 17.8. The van der Waals surface area contributed by atoms with Crippen molar-refractivity contribution in [1.82, 2.24) is 19.9 Å². The lowest BCUT2D eigenvalue weighted by Gasteiger charge is -1.97. The number of pyridine rings is 1. The van der Waals surface area contributed by atoms with Gasteiger partial charge in [-0.25, -0.2) is 9.97 Å². The molecule has 0 aliphatic heterocycles. The third-order valence-corrected chi connectivity index (χ3v) is 4.16. The molecule has 0 amide bonds. The predicted molar refractivity (Wildman–Crippen MR) is 107 cm³/mol. The minimum Gasteiger partial charge on any atom is -0.355 e. The Morgan fingerprint density at radius 3 is 2.50 bits per heavy atom. The van der Waals surface area contributed by atoms with E-state index < -0.39 is 0 Å². The van der Waals surface area contributed by atoms with E-state index in [1.807, 2.05) is 49.5 Å². The second-order valence-corrected chi connectivity index (χ2v) is 6.06. The van der Waals surface area contributed by atoms with Crippen LogP contribution in [0, 0.1) is 6.92 Å². The van der Waals surface area contributed by atoms with E-state index in [0.29, 0.717) is 0 Å². The van der Waals surface area contributed by atoms with E-state index in [0.717, 1.165) is 33.7 Å². The van der Waals surface area contributed by atoms with E-state index >= 15 is 0 Å². The molecule has 4 aromatic rings. The van der Waals surface area contributed by atoms with Gasteiger partial charge in [0.2, 0.25) is 0 Å².